The molecule has 0 aromatic carbocycles. The molecular weight excluding hydrogens is 849 g/mol. The minimum absolute atomic E-state index is 0.118. The highest BCUT2D eigenvalue weighted by Crippen LogP contribution is 2.52. The summed E-state index contributed by atoms with van der Waals surface area (Å²) in [4.78, 5) is 63.1. The average molecular weight is 945 g/mol. The van der Waals surface area contributed by atoms with E-state index >= 15 is 9.59 Å². The van der Waals surface area contributed by atoms with E-state index in [0.29, 0.717) is 52.2 Å². The summed E-state index contributed by atoms with van der Waals surface area (Å²) in [6.45, 7) is 45.4. The number of nitrogens with zero attached hydrogens (tertiary/aromatic N) is 2. The number of unbranched alkanes of at least 4 members (excludes halogenated alkanes) is 2. The van der Waals surface area contributed by atoms with Gasteiger partial charge in [-0.3, -0.25) is 9.59 Å². The second kappa shape index (κ2) is 21.7. The van der Waals surface area contributed by atoms with Crippen LogP contribution < -0.4 is 10.6 Å². The molecule has 1 aliphatic heterocycles. The summed E-state index contributed by atoms with van der Waals surface area (Å²) < 4.78 is 15.6. The number of anilines is 1. The van der Waals surface area contributed by atoms with Crippen molar-refractivity contribution in [2.45, 2.75) is 215 Å². The van der Waals surface area contributed by atoms with Gasteiger partial charge in [0.2, 0.25) is 11.8 Å². The quantitative estimate of drug-likeness (QED) is 0.150. The number of aliphatic imine (C=N–C) groups is 1. The zero-order valence-electron chi connectivity index (χ0n) is 46.9. The third kappa shape index (κ3) is 13.2. The van der Waals surface area contributed by atoms with Gasteiger partial charge in [0.05, 0.1) is 5.70 Å². The fraction of sp³-hybridized carbons (Fsp3) is 0.776. The lowest BCUT2D eigenvalue weighted by atomic mass is 9.59. The number of esters is 2. The second-order valence-corrected chi connectivity index (χ2v) is 26.6. The van der Waals surface area contributed by atoms with E-state index in [1.54, 1.807) is 0 Å². The number of nitrogens with one attached hydrogen (secondary N) is 2. The molecule has 2 heterocycles. The van der Waals surface area contributed by atoms with E-state index in [0.717, 1.165) is 44.9 Å². The van der Waals surface area contributed by atoms with E-state index in [-0.39, 0.29) is 98.5 Å². The van der Waals surface area contributed by atoms with Crippen LogP contribution in [0.25, 0.3) is 6.08 Å². The van der Waals surface area contributed by atoms with Gasteiger partial charge in [-0.1, -0.05) is 158 Å². The third-order valence-electron chi connectivity index (χ3n) is 15.5. The molecule has 68 heavy (non-hydrogen) atoms. The second-order valence-electron chi connectivity index (χ2n) is 26.6. The molecule has 2 fully saturated rings. The molecule has 0 saturated heterocycles. The van der Waals surface area contributed by atoms with Crippen LogP contribution in [0.3, 0.4) is 0 Å². The number of amides is 2. The van der Waals surface area contributed by atoms with E-state index in [1.807, 2.05) is 59.2 Å². The predicted octanol–water partition coefficient (Wildman–Crippen LogP) is 14.1. The third-order valence-corrected chi connectivity index (χ3v) is 15.5. The number of aromatic nitrogens is 1. The molecule has 10 nitrogen and oxygen atoms in total. The van der Waals surface area contributed by atoms with Gasteiger partial charge in [0.1, 0.15) is 35.0 Å². The van der Waals surface area contributed by atoms with Crippen molar-refractivity contribution in [3.63, 3.8) is 0 Å². The van der Waals surface area contributed by atoms with Gasteiger partial charge >= 0.3 is 11.9 Å². The number of allylic oxidation sites excluding steroid dienone is 1. The maximum Gasteiger partial charge on any atom is 0.342 e. The SMILES string of the molecule is CCCCCC(=O)NC1=N/C(=C\c2c(C(C)C)c(C(=O)OC3C(C(C)(C)C)CC(C)CC3C(C)(C)C)c(NC(=O)C(C)C)n2C)C(C(C)C)=C1C(=O)OC1C(C(C)(C)C)CC(C)CC1C(C)(C)C. The number of hydrogen-bond acceptors (Lipinski definition) is 7. The zero-order chi connectivity index (χ0) is 51.8. The number of amidine groups is 1. The Morgan fingerprint density at radius 1 is 0.676 bits per heavy atom. The maximum absolute atomic E-state index is 15.3. The molecule has 2 aliphatic carbocycles. The first kappa shape index (κ1) is 56.9. The van der Waals surface area contributed by atoms with Crippen LogP contribution in [-0.2, 0) is 30.9 Å². The molecule has 0 bridgehead atoms. The zero-order valence-corrected chi connectivity index (χ0v) is 46.9. The normalized spacial score (nSPS) is 25.9. The van der Waals surface area contributed by atoms with Crippen molar-refractivity contribution in [3.8, 4) is 0 Å². The van der Waals surface area contributed by atoms with Crippen molar-refractivity contribution < 1.29 is 28.7 Å². The number of rotatable bonds is 13. The van der Waals surface area contributed by atoms with Crippen LogP contribution in [-0.4, -0.2) is 46.4 Å². The first-order chi connectivity index (χ1) is 31.1. The first-order valence-corrected chi connectivity index (χ1v) is 26.4. The Morgan fingerprint density at radius 3 is 1.50 bits per heavy atom. The van der Waals surface area contributed by atoms with E-state index in [4.69, 9.17) is 14.5 Å². The molecule has 4 atom stereocenters. The molecule has 1 aromatic rings. The molecular formula is C58H96N4O6. The van der Waals surface area contributed by atoms with E-state index < -0.39 is 11.9 Å². The van der Waals surface area contributed by atoms with Crippen LogP contribution in [0.15, 0.2) is 21.8 Å². The van der Waals surface area contributed by atoms with Gasteiger partial charge in [-0.2, -0.15) is 0 Å². The van der Waals surface area contributed by atoms with Crippen LogP contribution in [0.4, 0.5) is 5.82 Å². The lowest BCUT2D eigenvalue weighted by Gasteiger charge is -2.50. The van der Waals surface area contributed by atoms with Crippen LogP contribution in [0, 0.1) is 69.0 Å². The summed E-state index contributed by atoms with van der Waals surface area (Å²) in [5, 5.41) is 6.22. The van der Waals surface area contributed by atoms with Gasteiger partial charge in [-0.05, 0) is 94.6 Å². The molecule has 2 amide bonds. The van der Waals surface area contributed by atoms with Crippen LogP contribution in [0.5, 0.6) is 0 Å². The van der Waals surface area contributed by atoms with Gasteiger partial charge in [0.15, 0.2) is 0 Å². The van der Waals surface area contributed by atoms with Crippen molar-refractivity contribution >= 4 is 41.5 Å². The Kier molecular flexibility index (Phi) is 18.2. The summed E-state index contributed by atoms with van der Waals surface area (Å²) in [7, 11) is 1.86. The highest BCUT2D eigenvalue weighted by molar-refractivity contribution is 6.25. The topological polar surface area (TPSA) is 128 Å². The van der Waals surface area contributed by atoms with Crippen molar-refractivity contribution in [1.29, 1.82) is 0 Å². The molecule has 4 unspecified atom stereocenters. The van der Waals surface area contributed by atoms with Gasteiger partial charge in [-0.15, -0.1) is 0 Å². The Labute approximate surface area is 413 Å². The van der Waals surface area contributed by atoms with Gasteiger partial charge in [-0.25, -0.2) is 14.6 Å². The average Bonchev–Trinajstić information content (AvgIpc) is 3.68. The Hall–Kier alpha value is -3.69. The number of ether oxygens (including phenoxy) is 2. The summed E-state index contributed by atoms with van der Waals surface area (Å²) in [5.41, 5.74) is 2.64. The van der Waals surface area contributed by atoms with E-state index in [9.17, 15) is 9.59 Å². The summed E-state index contributed by atoms with van der Waals surface area (Å²) >= 11 is 0. The van der Waals surface area contributed by atoms with Crippen LogP contribution >= 0.6 is 0 Å². The van der Waals surface area contributed by atoms with Crippen molar-refractivity contribution in [3.05, 3.63) is 33.7 Å². The van der Waals surface area contributed by atoms with Crippen molar-refractivity contribution in [1.82, 2.24) is 9.88 Å². The fourth-order valence-corrected chi connectivity index (χ4v) is 11.5. The monoisotopic (exact) mass is 945 g/mol. The fourth-order valence-electron chi connectivity index (χ4n) is 11.5. The summed E-state index contributed by atoms with van der Waals surface area (Å²) in [6, 6.07) is 0. The van der Waals surface area contributed by atoms with Gasteiger partial charge in [0, 0.05) is 48.8 Å². The Balaban J connectivity index is 2.02. The van der Waals surface area contributed by atoms with Crippen LogP contribution in [0.2, 0.25) is 0 Å². The number of carbonyl (C=O) groups excluding carboxylic acids is 4. The van der Waals surface area contributed by atoms with E-state index in [2.05, 4.69) is 114 Å². The highest BCUT2D eigenvalue weighted by atomic mass is 16.5. The largest absolute Gasteiger partial charge is 0.458 e. The molecule has 2 N–H and O–H groups in total. The lowest BCUT2D eigenvalue weighted by molar-refractivity contribution is -0.164. The predicted molar refractivity (Wildman–Crippen MR) is 280 cm³/mol. The smallest absolute Gasteiger partial charge is 0.342 e. The minimum atomic E-state index is -0.485. The Bertz CT molecular complexity index is 2040. The lowest BCUT2D eigenvalue weighted by Crippen LogP contribution is -2.50. The molecule has 3 aliphatic rings. The van der Waals surface area contributed by atoms with Gasteiger partial charge in [0.25, 0.3) is 0 Å². The molecule has 0 radical (unpaired) electrons. The summed E-state index contributed by atoms with van der Waals surface area (Å²) in [5.74, 6) is -0.145. The molecule has 0 spiro atoms. The molecule has 384 valence electrons. The molecule has 10 heteroatoms. The highest BCUT2D eigenvalue weighted by Gasteiger charge is 2.50. The Morgan fingerprint density at radius 2 is 1.12 bits per heavy atom. The molecule has 1 aromatic heterocycles. The number of hydrogen-bond donors (Lipinski definition) is 2. The van der Waals surface area contributed by atoms with Crippen LogP contribution in [0.1, 0.15) is 224 Å². The first-order valence-electron chi connectivity index (χ1n) is 26.4. The number of carbonyl (C=O) groups is 4. The minimum Gasteiger partial charge on any atom is -0.458 e. The summed E-state index contributed by atoms with van der Waals surface area (Å²) in [6.07, 6.45) is 7.93. The molecule has 2 saturated carbocycles. The maximum atomic E-state index is 15.3. The van der Waals surface area contributed by atoms with Crippen molar-refractivity contribution in [2.24, 2.45) is 81.0 Å². The van der Waals surface area contributed by atoms with Gasteiger partial charge < -0.3 is 24.7 Å². The standard InChI is InChI=1S/C58H96N4O6/c1-23-24-25-26-43(63)60-50-46(53(65)67-48-37(55(10,11)12)27-35(8)28-38(48)56(13,14)15)44(32(2)3)41(59-50)31-42-45(33(4)5)47(51(62(42)22)61-52(64)34(6)7)54(66)68-49-39(57(16,17)18)29-36(9)30-40(49)58(19,20)21/h31-40,48-49H,23-30H2,1-22H3,(H,61,64)(H,59,60,63)/b41-31-. The molecule has 4 rings (SSSR count). The van der Waals surface area contributed by atoms with E-state index in [1.165, 1.54) is 0 Å². The van der Waals surface area contributed by atoms with Crippen molar-refractivity contribution in [2.75, 3.05) is 5.32 Å².